The first-order valence-corrected chi connectivity index (χ1v) is 7.27. The summed E-state index contributed by atoms with van der Waals surface area (Å²) in [5.74, 6) is -0.815. The number of carbonyl (C=O) groups excluding carboxylic acids is 1. The molecule has 0 aliphatic heterocycles. The van der Waals surface area contributed by atoms with Gasteiger partial charge in [-0.3, -0.25) is 4.79 Å². The van der Waals surface area contributed by atoms with Gasteiger partial charge in [-0.15, -0.1) is 0 Å². The zero-order chi connectivity index (χ0) is 13.1. The van der Waals surface area contributed by atoms with Gasteiger partial charge >= 0.3 is 0 Å². The molecule has 0 bridgehead atoms. The molecule has 1 aromatic rings. The van der Waals surface area contributed by atoms with Gasteiger partial charge in [-0.25, -0.2) is 4.39 Å². The highest BCUT2D eigenvalue weighted by molar-refractivity contribution is 9.09. The number of nitrogens with one attached hydrogen (secondary N) is 1. The number of benzene rings is 1. The monoisotopic (exact) mass is 333 g/mol. The summed E-state index contributed by atoms with van der Waals surface area (Å²) in [6, 6.07) is 4.22. The summed E-state index contributed by atoms with van der Waals surface area (Å²) in [6.45, 7) is 0. The lowest BCUT2D eigenvalue weighted by Crippen LogP contribution is -2.42. The van der Waals surface area contributed by atoms with Crippen molar-refractivity contribution in [2.75, 3.05) is 0 Å². The third-order valence-electron chi connectivity index (χ3n) is 3.18. The molecule has 1 saturated carbocycles. The van der Waals surface area contributed by atoms with E-state index in [0.717, 1.165) is 19.3 Å². The number of carbonyl (C=O) groups is 1. The van der Waals surface area contributed by atoms with Crippen LogP contribution in [0, 0.1) is 5.82 Å². The van der Waals surface area contributed by atoms with Crippen molar-refractivity contribution >= 4 is 33.4 Å². The molecular weight excluding hydrogens is 321 g/mol. The van der Waals surface area contributed by atoms with E-state index in [4.69, 9.17) is 11.6 Å². The second kappa shape index (κ2) is 6.02. The van der Waals surface area contributed by atoms with Gasteiger partial charge in [0, 0.05) is 16.4 Å². The molecule has 1 fully saturated rings. The Morgan fingerprint density at radius 2 is 2.11 bits per heavy atom. The molecule has 0 saturated heterocycles. The van der Waals surface area contributed by atoms with Crippen molar-refractivity contribution < 1.29 is 9.18 Å². The average molecular weight is 335 g/mol. The summed E-state index contributed by atoms with van der Waals surface area (Å²) >= 11 is 9.16. The second-order valence-electron chi connectivity index (χ2n) is 4.51. The molecule has 1 aliphatic carbocycles. The topological polar surface area (TPSA) is 29.1 Å². The SMILES string of the molecule is O=C(NC1CCCCC1Br)c1ccc(Cl)c(F)c1. The highest BCUT2D eigenvalue weighted by Gasteiger charge is 2.24. The van der Waals surface area contributed by atoms with Gasteiger partial charge in [0.25, 0.3) is 5.91 Å². The number of amides is 1. The summed E-state index contributed by atoms with van der Waals surface area (Å²) < 4.78 is 13.3. The average Bonchev–Trinajstić information content (AvgIpc) is 2.35. The third kappa shape index (κ3) is 3.23. The first-order chi connectivity index (χ1) is 8.58. The van der Waals surface area contributed by atoms with Crippen molar-refractivity contribution in [1.29, 1.82) is 0 Å². The maximum Gasteiger partial charge on any atom is 0.251 e. The van der Waals surface area contributed by atoms with Crippen LogP contribution in [0.15, 0.2) is 18.2 Å². The Kier molecular flexibility index (Phi) is 4.62. The van der Waals surface area contributed by atoms with E-state index in [9.17, 15) is 9.18 Å². The normalized spacial score (nSPS) is 23.7. The standard InChI is InChI=1S/C13H14BrClFNO/c14-9-3-1-2-4-12(9)17-13(18)8-5-6-10(15)11(16)7-8/h5-7,9,12H,1-4H2,(H,17,18). The largest absolute Gasteiger partial charge is 0.348 e. The van der Waals surface area contributed by atoms with Crippen LogP contribution in [-0.2, 0) is 0 Å². The second-order valence-corrected chi connectivity index (χ2v) is 6.09. The van der Waals surface area contributed by atoms with Crippen LogP contribution in [0.5, 0.6) is 0 Å². The summed E-state index contributed by atoms with van der Waals surface area (Å²) in [5, 5.41) is 2.97. The molecule has 2 unspecified atom stereocenters. The van der Waals surface area contributed by atoms with Crippen LogP contribution in [-0.4, -0.2) is 16.8 Å². The Bertz CT molecular complexity index is 455. The highest BCUT2D eigenvalue weighted by atomic mass is 79.9. The van der Waals surface area contributed by atoms with Crippen LogP contribution < -0.4 is 5.32 Å². The molecule has 0 heterocycles. The van der Waals surface area contributed by atoms with Crippen molar-refractivity contribution in [3.8, 4) is 0 Å². The molecule has 5 heteroatoms. The van der Waals surface area contributed by atoms with E-state index in [1.165, 1.54) is 24.6 Å². The van der Waals surface area contributed by atoms with E-state index < -0.39 is 5.82 Å². The molecule has 18 heavy (non-hydrogen) atoms. The van der Waals surface area contributed by atoms with E-state index in [2.05, 4.69) is 21.2 Å². The van der Waals surface area contributed by atoms with Crippen molar-refractivity contribution in [2.24, 2.45) is 0 Å². The van der Waals surface area contributed by atoms with Crippen LogP contribution in [0.3, 0.4) is 0 Å². The summed E-state index contributed by atoms with van der Waals surface area (Å²) in [6.07, 6.45) is 4.30. The predicted molar refractivity (Wildman–Crippen MR) is 73.8 cm³/mol. The van der Waals surface area contributed by atoms with Gasteiger partial charge in [0.15, 0.2) is 0 Å². The van der Waals surface area contributed by atoms with Crippen LogP contribution in [0.2, 0.25) is 5.02 Å². The molecule has 2 nitrogen and oxygen atoms in total. The molecule has 1 amide bonds. The Balaban J connectivity index is 2.04. The fraction of sp³-hybridized carbons (Fsp3) is 0.462. The Morgan fingerprint density at radius 3 is 2.78 bits per heavy atom. The molecule has 98 valence electrons. The predicted octanol–water partition coefficient (Wildman–Crippen LogP) is 3.92. The Labute approximate surface area is 119 Å². The van der Waals surface area contributed by atoms with Crippen LogP contribution >= 0.6 is 27.5 Å². The molecule has 0 spiro atoms. The maximum absolute atomic E-state index is 13.3. The van der Waals surface area contributed by atoms with Crippen LogP contribution in [0.1, 0.15) is 36.0 Å². The minimum Gasteiger partial charge on any atom is -0.348 e. The number of hydrogen-bond donors (Lipinski definition) is 1. The number of halogens is 3. The fourth-order valence-electron chi connectivity index (χ4n) is 2.14. The van der Waals surface area contributed by atoms with Crippen molar-refractivity contribution in [3.05, 3.63) is 34.6 Å². The zero-order valence-corrected chi connectivity index (χ0v) is 12.1. The molecule has 1 aromatic carbocycles. The molecule has 1 aliphatic rings. The molecule has 2 rings (SSSR count). The van der Waals surface area contributed by atoms with Gasteiger partial charge in [0.05, 0.1) is 5.02 Å². The van der Waals surface area contributed by atoms with Crippen molar-refractivity contribution in [3.63, 3.8) is 0 Å². The maximum atomic E-state index is 13.3. The zero-order valence-electron chi connectivity index (χ0n) is 9.76. The Morgan fingerprint density at radius 1 is 1.39 bits per heavy atom. The Hall–Kier alpha value is -0.610. The summed E-state index contributed by atoms with van der Waals surface area (Å²) in [4.78, 5) is 12.3. The number of alkyl halides is 1. The van der Waals surface area contributed by atoms with E-state index in [1.54, 1.807) is 0 Å². The summed E-state index contributed by atoms with van der Waals surface area (Å²) in [7, 11) is 0. The fourth-order valence-corrected chi connectivity index (χ4v) is 2.98. The molecule has 0 aromatic heterocycles. The van der Waals surface area contributed by atoms with Gasteiger partial charge in [0.1, 0.15) is 5.82 Å². The van der Waals surface area contributed by atoms with E-state index in [0.29, 0.717) is 10.4 Å². The van der Waals surface area contributed by atoms with E-state index >= 15 is 0 Å². The lowest BCUT2D eigenvalue weighted by molar-refractivity contribution is 0.0929. The van der Waals surface area contributed by atoms with Gasteiger partial charge < -0.3 is 5.32 Å². The summed E-state index contributed by atoms with van der Waals surface area (Å²) in [5.41, 5.74) is 0.308. The first-order valence-electron chi connectivity index (χ1n) is 5.98. The highest BCUT2D eigenvalue weighted by Crippen LogP contribution is 2.25. The molecule has 2 atom stereocenters. The van der Waals surface area contributed by atoms with E-state index in [-0.39, 0.29) is 17.0 Å². The van der Waals surface area contributed by atoms with Crippen molar-refractivity contribution in [1.82, 2.24) is 5.32 Å². The first kappa shape index (κ1) is 13.8. The van der Waals surface area contributed by atoms with Crippen molar-refractivity contribution in [2.45, 2.75) is 36.6 Å². The van der Waals surface area contributed by atoms with Gasteiger partial charge in [-0.05, 0) is 31.0 Å². The van der Waals surface area contributed by atoms with Gasteiger partial charge in [0.2, 0.25) is 0 Å². The van der Waals surface area contributed by atoms with Crippen LogP contribution in [0.25, 0.3) is 0 Å². The minimum absolute atomic E-state index is 0.0302. The third-order valence-corrected chi connectivity index (χ3v) is 4.58. The lowest BCUT2D eigenvalue weighted by atomic mass is 9.95. The minimum atomic E-state index is -0.566. The molecule has 1 N–H and O–H groups in total. The number of hydrogen-bond acceptors (Lipinski definition) is 1. The smallest absolute Gasteiger partial charge is 0.251 e. The van der Waals surface area contributed by atoms with Gasteiger partial charge in [-0.1, -0.05) is 40.4 Å². The lowest BCUT2D eigenvalue weighted by Gasteiger charge is -2.28. The molecular formula is C13H14BrClFNO. The quantitative estimate of drug-likeness (QED) is 0.816. The number of rotatable bonds is 2. The van der Waals surface area contributed by atoms with Gasteiger partial charge in [-0.2, -0.15) is 0 Å². The molecule has 0 radical (unpaired) electrons. The van der Waals surface area contributed by atoms with E-state index in [1.807, 2.05) is 0 Å². The van der Waals surface area contributed by atoms with Crippen LogP contribution in [0.4, 0.5) is 4.39 Å².